The van der Waals surface area contributed by atoms with Gasteiger partial charge in [0, 0.05) is 6.54 Å². The monoisotopic (exact) mass is 276 g/mol. The molecule has 0 aromatic heterocycles. The third-order valence-electron chi connectivity index (χ3n) is 3.65. The second-order valence-corrected chi connectivity index (χ2v) is 8.30. The molecule has 1 aliphatic rings. The van der Waals surface area contributed by atoms with Crippen molar-refractivity contribution in [3.63, 3.8) is 0 Å². The minimum atomic E-state index is -0.776. The van der Waals surface area contributed by atoms with Crippen LogP contribution in [0.3, 0.4) is 0 Å². The first-order valence-electron chi connectivity index (χ1n) is 6.68. The molecule has 0 bridgehead atoms. The fourth-order valence-corrected chi connectivity index (χ4v) is 2.88. The molecule has 1 aliphatic heterocycles. The van der Waals surface area contributed by atoms with Gasteiger partial charge in [-0.1, -0.05) is 25.2 Å². The van der Waals surface area contributed by atoms with Gasteiger partial charge < -0.3 is 4.57 Å². The normalized spacial score (nSPS) is 14.7. The maximum Gasteiger partial charge on any atom is 0.261 e. The van der Waals surface area contributed by atoms with E-state index in [1.807, 2.05) is 0 Å². The zero-order valence-electron chi connectivity index (χ0n) is 11.7. The van der Waals surface area contributed by atoms with Gasteiger partial charge in [0.05, 0.1) is 11.1 Å². The number of rotatable bonds is 5. The predicted molar refractivity (Wildman–Crippen MR) is 77.9 cm³/mol. The second kappa shape index (κ2) is 5.67. The predicted octanol–water partition coefficient (Wildman–Crippen LogP) is 1.59. The Bertz CT molecular complexity index is 467. The van der Waals surface area contributed by atoms with Crippen LogP contribution in [-0.2, 0) is 0 Å². The molecule has 0 fully saturated rings. The molecule has 2 rings (SSSR count). The Balaban J connectivity index is 1.97. The first kappa shape index (κ1) is 14.0. The quantitative estimate of drug-likeness (QED) is 0.606. The van der Waals surface area contributed by atoms with E-state index in [0.717, 1.165) is 13.0 Å². The first-order valence-corrected chi connectivity index (χ1v) is 9.50. The summed E-state index contributed by atoms with van der Waals surface area (Å²) in [7, 11) is 1.33. The van der Waals surface area contributed by atoms with Crippen molar-refractivity contribution in [1.82, 2.24) is 9.47 Å². The maximum atomic E-state index is 12.1. The Kier molecular flexibility index (Phi) is 4.16. The number of carbonyl (C=O) groups excluding carboxylic acids is 2. The van der Waals surface area contributed by atoms with Gasteiger partial charge in [0.2, 0.25) is 0 Å². The molecule has 1 aromatic carbocycles. The van der Waals surface area contributed by atoms with Crippen molar-refractivity contribution < 1.29 is 9.59 Å². The Labute approximate surface area is 115 Å². The van der Waals surface area contributed by atoms with Crippen molar-refractivity contribution in [1.29, 1.82) is 0 Å². The van der Waals surface area contributed by atoms with E-state index in [0.29, 0.717) is 17.7 Å². The fraction of sp³-hybridized carbons (Fsp3) is 0.429. The van der Waals surface area contributed by atoms with E-state index in [2.05, 4.69) is 24.7 Å². The molecule has 1 heterocycles. The Morgan fingerprint density at radius 3 is 2.11 bits per heavy atom. The smallest absolute Gasteiger partial charge is 0.261 e. The van der Waals surface area contributed by atoms with E-state index < -0.39 is 8.96 Å². The van der Waals surface area contributed by atoms with Gasteiger partial charge in [0.1, 0.15) is 8.96 Å². The van der Waals surface area contributed by atoms with Gasteiger partial charge in [-0.25, -0.2) is 0 Å². The molecular weight excluding hydrogens is 256 g/mol. The number of imide groups is 1. The highest BCUT2D eigenvalue weighted by Gasteiger charge is 2.34. The molecule has 1 aromatic rings. The van der Waals surface area contributed by atoms with Crippen molar-refractivity contribution >= 4 is 20.8 Å². The third kappa shape index (κ3) is 2.77. The van der Waals surface area contributed by atoms with Gasteiger partial charge in [0.15, 0.2) is 0 Å². The molecule has 0 spiro atoms. The average Bonchev–Trinajstić information content (AvgIpc) is 2.64. The molecule has 0 aliphatic carbocycles. The summed E-state index contributed by atoms with van der Waals surface area (Å²) >= 11 is 0. The van der Waals surface area contributed by atoms with Gasteiger partial charge in [-0.2, -0.15) is 0 Å². The molecular formula is C14H20N2O2Si. The molecule has 2 amide bonds. The molecule has 0 saturated carbocycles. The number of amides is 2. The van der Waals surface area contributed by atoms with Crippen LogP contribution in [-0.4, -0.2) is 50.4 Å². The zero-order valence-corrected chi connectivity index (χ0v) is 12.9. The van der Waals surface area contributed by atoms with E-state index in [1.54, 1.807) is 24.3 Å². The Morgan fingerprint density at radius 2 is 1.63 bits per heavy atom. The van der Waals surface area contributed by atoms with Gasteiger partial charge in [0.25, 0.3) is 11.8 Å². The van der Waals surface area contributed by atoms with Crippen LogP contribution in [0.15, 0.2) is 24.3 Å². The fourth-order valence-electron chi connectivity index (χ4n) is 2.18. The van der Waals surface area contributed by atoms with E-state index in [-0.39, 0.29) is 11.8 Å². The summed E-state index contributed by atoms with van der Waals surface area (Å²) in [6.07, 6.45) is 0.840. The summed E-state index contributed by atoms with van der Waals surface area (Å²) in [6, 6.07) is 7.04. The first-order chi connectivity index (χ1) is 9.02. The van der Waals surface area contributed by atoms with Crippen LogP contribution in [0.25, 0.3) is 0 Å². The van der Waals surface area contributed by atoms with Crippen LogP contribution in [0.4, 0.5) is 0 Å². The Hall–Kier alpha value is -1.46. The van der Waals surface area contributed by atoms with Crippen LogP contribution in [0, 0.1) is 0 Å². The van der Waals surface area contributed by atoms with Crippen LogP contribution >= 0.6 is 0 Å². The molecule has 0 atom stereocenters. The van der Waals surface area contributed by atoms with Crippen molar-refractivity contribution in [3.05, 3.63) is 35.4 Å². The maximum absolute atomic E-state index is 12.1. The molecule has 0 unspecified atom stereocenters. The topological polar surface area (TPSA) is 40.6 Å². The second-order valence-electron chi connectivity index (χ2n) is 5.24. The molecule has 102 valence electrons. The lowest BCUT2D eigenvalue weighted by Gasteiger charge is -2.21. The van der Waals surface area contributed by atoms with E-state index in [4.69, 9.17) is 0 Å². The highest BCUT2D eigenvalue weighted by molar-refractivity contribution is 6.52. The van der Waals surface area contributed by atoms with Crippen LogP contribution in [0.1, 0.15) is 27.1 Å². The lowest BCUT2D eigenvalue weighted by Crippen LogP contribution is -2.35. The minimum Gasteiger partial charge on any atom is -0.329 e. The molecule has 0 N–H and O–H groups in total. The minimum absolute atomic E-state index is 0.148. The van der Waals surface area contributed by atoms with Crippen molar-refractivity contribution in [2.75, 3.05) is 20.1 Å². The summed E-state index contributed by atoms with van der Waals surface area (Å²) in [5.74, 6) is -0.296. The number of carbonyl (C=O) groups is 2. The average molecular weight is 276 g/mol. The van der Waals surface area contributed by atoms with Crippen molar-refractivity contribution in [2.45, 2.75) is 19.5 Å². The SMILES string of the molecule is CN(CCCN1C(=O)c2ccccc2C1=O)[SiH](C)C. The third-order valence-corrected chi connectivity index (χ3v) is 5.67. The highest BCUT2D eigenvalue weighted by Crippen LogP contribution is 2.22. The number of hydrogen-bond acceptors (Lipinski definition) is 3. The molecule has 19 heavy (non-hydrogen) atoms. The standard InChI is InChI=1S/C14H20N2O2Si/c1-15(19(2)3)9-6-10-16-13(17)11-7-4-5-8-12(11)14(16)18/h4-5,7-8,19H,6,9-10H2,1-3H3. The molecule has 5 heteroatoms. The van der Waals surface area contributed by atoms with Gasteiger partial charge in [-0.3, -0.25) is 14.5 Å². The summed E-state index contributed by atoms with van der Waals surface area (Å²) in [6.45, 7) is 5.99. The molecule has 4 nitrogen and oxygen atoms in total. The number of nitrogens with zero attached hydrogens (tertiary/aromatic N) is 2. The summed E-state index contributed by atoms with van der Waals surface area (Å²) < 4.78 is 2.35. The van der Waals surface area contributed by atoms with Gasteiger partial charge in [-0.15, -0.1) is 0 Å². The van der Waals surface area contributed by atoms with Crippen molar-refractivity contribution in [2.24, 2.45) is 0 Å². The molecule has 0 radical (unpaired) electrons. The lowest BCUT2D eigenvalue weighted by atomic mass is 10.1. The Morgan fingerprint density at radius 1 is 1.11 bits per heavy atom. The highest BCUT2D eigenvalue weighted by atomic mass is 28.3. The van der Waals surface area contributed by atoms with Gasteiger partial charge >= 0.3 is 0 Å². The van der Waals surface area contributed by atoms with Crippen LogP contribution < -0.4 is 0 Å². The number of hydrogen-bond donors (Lipinski definition) is 0. The van der Waals surface area contributed by atoms with E-state index in [9.17, 15) is 9.59 Å². The summed E-state index contributed by atoms with van der Waals surface area (Å²) in [5, 5.41) is 0. The van der Waals surface area contributed by atoms with Crippen LogP contribution in [0.5, 0.6) is 0 Å². The van der Waals surface area contributed by atoms with Crippen molar-refractivity contribution in [3.8, 4) is 0 Å². The zero-order chi connectivity index (χ0) is 14.0. The number of fused-ring (bicyclic) bond motifs is 1. The van der Waals surface area contributed by atoms with Gasteiger partial charge in [-0.05, 0) is 32.1 Å². The lowest BCUT2D eigenvalue weighted by molar-refractivity contribution is 0.0651. The number of benzene rings is 1. The largest absolute Gasteiger partial charge is 0.329 e. The summed E-state index contributed by atoms with van der Waals surface area (Å²) in [4.78, 5) is 25.6. The van der Waals surface area contributed by atoms with Crippen LogP contribution in [0.2, 0.25) is 13.1 Å². The molecule has 0 saturated heterocycles. The van der Waals surface area contributed by atoms with E-state index >= 15 is 0 Å². The summed E-state index contributed by atoms with van der Waals surface area (Å²) in [5.41, 5.74) is 1.08. The van der Waals surface area contributed by atoms with E-state index in [1.165, 1.54) is 4.90 Å².